The number of likely N-dealkylation sites (N-methyl/N-ethyl adjacent to an activating group) is 2. The SMILES string of the molecule is CC(C)C(=O)C1CCCN1C(=O)[C@@H](N)C1CCCCC1.CC(C)C(=O)C1CCCN1C(=O)[C@@H](N)CC(=O)O.CC(C)C(=O)C1CCCN1C(=O)[C@@H](N)Cc1c[nH]c2ccccc12.CC(C)CC(N)C(=O)C(C)C.CNCC(=O)N1CCCC1C(=O)C(C)C.CN[C@H](C(=O)N1CCCC1C(=O)C(C)C)C1CCCCC1. The van der Waals surface area contributed by atoms with E-state index in [9.17, 15) is 57.5 Å². The predicted molar refractivity (Wildman–Crippen MR) is 428 cm³/mol. The highest BCUT2D eigenvalue weighted by Gasteiger charge is 2.43. The fourth-order valence-electron chi connectivity index (χ4n) is 16.3. The van der Waals surface area contributed by atoms with Crippen molar-refractivity contribution < 1.29 is 62.6 Å². The molecule has 0 bridgehead atoms. The molecule has 25 nitrogen and oxygen atoms in total. The Labute approximate surface area is 651 Å². The van der Waals surface area contributed by atoms with Crippen LogP contribution in [0.5, 0.6) is 0 Å². The number of carbonyl (C=O) groups excluding carboxylic acids is 11. The van der Waals surface area contributed by atoms with E-state index in [1.807, 2.05) is 112 Å². The molecule has 25 heteroatoms. The lowest BCUT2D eigenvalue weighted by atomic mass is 9.83. The van der Waals surface area contributed by atoms with Gasteiger partial charge in [0.2, 0.25) is 29.5 Å². The number of nitrogens with zero attached hydrogens (tertiary/aromatic N) is 5. The van der Waals surface area contributed by atoms with Crippen LogP contribution in [0.15, 0.2) is 30.5 Å². The average molecular weight is 1530 g/mol. The van der Waals surface area contributed by atoms with Gasteiger partial charge in [0.1, 0.15) is 0 Å². The molecule has 6 unspecified atom stereocenters. The van der Waals surface area contributed by atoms with Gasteiger partial charge in [-0.05, 0) is 146 Å². The number of amides is 5. The molecule has 1 aromatic carbocycles. The molecule has 1 aromatic heterocycles. The van der Waals surface area contributed by atoms with Crippen LogP contribution in [0, 0.1) is 53.3 Å². The highest BCUT2D eigenvalue weighted by Crippen LogP contribution is 2.33. The Morgan fingerprint density at radius 1 is 0.440 bits per heavy atom. The second kappa shape index (κ2) is 47.0. The number of rotatable bonds is 27. The number of fused-ring (bicyclic) bond motifs is 1. The smallest absolute Gasteiger partial charge is 0.305 e. The molecule has 0 spiro atoms. The first-order valence-electron chi connectivity index (χ1n) is 41.3. The number of hydrogen-bond acceptors (Lipinski definition) is 18. The quantitative estimate of drug-likeness (QED) is 0.0414. The Balaban J connectivity index is 0.000000280. The first-order chi connectivity index (χ1) is 51.4. The van der Waals surface area contributed by atoms with Gasteiger partial charge in [0, 0.05) is 85.3 Å². The van der Waals surface area contributed by atoms with Crippen molar-refractivity contribution in [2.24, 2.45) is 76.2 Å². The number of ketones is 6. The summed E-state index contributed by atoms with van der Waals surface area (Å²) < 4.78 is 0. The van der Waals surface area contributed by atoms with E-state index >= 15 is 0 Å². The Morgan fingerprint density at radius 3 is 1.18 bits per heavy atom. The molecule has 10 atom stereocenters. The number of para-hydroxylation sites is 1. The van der Waals surface area contributed by atoms with Crippen LogP contribution in [0.4, 0.5) is 0 Å². The van der Waals surface area contributed by atoms with E-state index < -0.39 is 42.5 Å². The first-order valence-corrected chi connectivity index (χ1v) is 41.3. The Hall–Kier alpha value is -6.64. The third-order valence-corrected chi connectivity index (χ3v) is 22.5. The van der Waals surface area contributed by atoms with Crippen LogP contribution in [-0.2, 0) is 64.0 Å². The number of H-pyrrole nitrogens is 1. The van der Waals surface area contributed by atoms with E-state index in [1.54, 1.807) is 35.6 Å². The zero-order chi connectivity index (χ0) is 81.7. The van der Waals surface area contributed by atoms with Crippen LogP contribution in [0.25, 0.3) is 10.9 Å². The van der Waals surface area contributed by atoms with E-state index in [-0.39, 0.29) is 130 Å². The van der Waals surface area contributed by atoms with Crippen molar-refractivity contribution >= 4 is 81.1 Å². The summed E-state index contributed by atoms with van der Waals surface area (Å²) in [5, 5.41) is 15.8. The summed E-state index contributed by atoms with van der Waals surface area (Å²) in [5.74, 6) is 0.603. The molecule has 0 radical (unpaired) electrons. The molecule has 9 rings (SSSR count). The van der Waals surface area contributed by atoms with Crippen molar-refractivity contribution in [3.63, 3.8) is 0 Å². The number of aliphatic carboxylic acids is 1. The summed E-state index contributed by atoms with van der Waals surface area (Å²) >= 11 is 0. The van der Waals surface area contributed by atoms with Crippen LogP contribution in [0.2, 0.25) is 0 Å². The van der Waals surface area contributed by atoms with Crippen LogP contribution >= 0.6 is 0 Å². The van der Waals surface area contributed by atoms with Crippen LogP contribution in [0.3, 0.4) is 0 Å². The second-order valence-electron chi connectivity index (χ2n) is 33.6. The van der Waals surface area contributed by atoms with Gasteiger partial charge in [-0.3, -0.25) is 57.5 Å². The molecule has 5 aliphatic heterocycles. The summed E-state index contributed by atoms with van der Waals surface area (Å²) in [4.78, 5) is 156. The summed E-state index contributed by atoms with van der Waals surface area (Å²) in [6.45, 7) is 30.3. The van der Waals surface area contributed by atoms with Crippen molar-refractivity contribution in [2.75, 3.05) is 53.4 Å². The molecular formula is C84H142N12O13. The normalized spacial score (nSPS) is 21.7. The minimum Gasteiger partial charge on any atom is -0.481 e. The van der Waals surface area contributed by atoms with Gasteiger partial charge in [-0.2, -0.15) is 0 Å². The number of benzene rings is 1. The van der Waals surface area contributed by atoms with Crippen LogP contribution < -0.4 is 33.6 Å². The minimum absolute atomic E-state index is 0.00566. The lowest BCUT2D eigenvalue weighted by molar-refractivity contribution is -0.144. The van der Waals surface area contributed by atoms with Gasteiger partial charge < -0.3 is 68.2 Å². The lowest BCUT2D eigenvalue weighted by Crippen LogP contribution is -2.53. The number of carbonyl (C=O) groups is 12. The maximum absolute atomic E-state index is 12.9. The number of Topliss-reactive ketones (excluding diaryl/α,β-unsaturated/α-hetero) is 6. The van der Waals surface area contributed by atoms with Crippen molar-refractivity contribution in [2.45, 2.75) is 305 Å². The van der Waals surface area contributed by atoms with E-state index in [0.717, 1.165) is 119 Å². The number of aromatic nitrogens is 1. The number of likely N-dealkylation sites (tertiary alicyclic amines) is 5. The number of nitrogens with one attached hydrogen (secondary N) is 3. The van der Waals surface area contributed by atoms with Crippen molar-refractivity contribution in [3.8, 4) is 0 Å². The van der Waals surface area contributed by atoms with Crippen molar-refractivity contribution in [1.82, 2.24) is 40.1 Å². The zero-order valence-corrected chi connectivity index (χ0v) is 69.3. The summed E-state index contributed by atoms with van der Waals surface area (Å²) in [7, 11) is 3.62. The van der Waals surface area contributed by atoms with Gasteiger partial charge in [0.25, 0.3) is 0 Å². The molecule has 2 saturated carbocycles. The Kier molecular flexibility index (Phi) is 40.9. The predicted octanol–water partition coefficient (Wildman–Crippen LogP) is 8.75. The minimum atomic E-state index is -1.11. The summed E-state index contributed by atoms with van der Waals surface area (Å²) in [5.41, 5.74) is 25.7. The molecule has 2 aliphatic carbocycles. The number of aromatic amines is 1. The van der Waals surface area contributed by atoms with Crippen LogP contribution in [0.1, 0.15) is 244 Å². The molecule has 12 N–H and O–H groups in total. The molecule has 5 amide bonds. The molecule has 109 heavy (non-hydrogen) atoms. The van der Waals surface area contributed by atoms with E-state index in [4.69, 9.17) is 28.0 Å². The second-order valence-corrected chi connectivity index (χ2v) is 33.6. The monoisotopic (exact) mass is 1530 g/mol. The summed E-state index contributed by atoms with van der Waals surface area (Å²) in [6, 6.07) is 4.21. The number of nitrogens with two attached hydrogens (primary N) is 4. The Morgan fingerprint density at radius 2 is 0.807 bits per heavy atom. The van der Waals surface area contributed by atoms with Gasteiger partial charge in [-0.25, -0.2) is 0 Å². The zero-order valence-electron chi connectivity index (χ0n) is 69.3. The third kappa shape index (κ3) is 28.2. The van der Waals surface area contributed by atoms with E-state index in [2.05, 4.69) is 29.5 Å². The van der Waals surface area contributed by atoms with Gasteiger partial charge in [-0.1, -0.05) is 154 Å². The van der Waals surface area contributed by atoms with Gasteiger partial charge in [-0.15, -0.1) is 0 Å². The van der Waals surface area contributed by atoms with E-state index in [1.165, 1.54) is 43.4 Å². The van der Waals surface area contributed by atoms with Gasteiger partial charge in [0.05, 0.1) is 73.4 Å². The maximum atomic E-state index is 12.9. The fraction of sp³-hybridized carbons (Fsp3) is 0.762. The lowest BCUT2D eigenvalue weighted by Gasteiger charge is -2.34. The molecule has 7 fully saturated rings. The number of hydrogen-bond donors (Lipinski definition) is 8. The van der Waals surface area contributed by atoms with Crippen LogP contribution in [-0.4, -0.2) is 219 Å². The average Bonchev–Trinajstić information content (AvgIpc) is 1.74. The van der Waals surface area contributed by atoms with E-state index in [0.29, 0.717) is 56.8 Å². The highest BCUT2D eigenvalue weighted by molar-refractivity contribution is 5.96. The third-order valence-electron chi connectivity index (χ3n) is 22.5. The maximum Gasteiger partial charge on any atom is 0.305 e. The van der Waals surface area contributed by atoms with Gasteiger partial charge in [0.15, 0.2) is 34.7 Å². The number of carboxylic acids is 1. The first kappa shape index (κ1) is 94.7. The summed E-state index contributed by atoms with van der Waals surface area (Å²) in [6.07, 6.45) is 22.8. The molecular weight excluding hydrogens is 1380 g/mol. The molecule has 6 heterocycles. The number of carboxylic acid groups (broad SMARTS) is 1. The molecule has 5 saturated heterocycles. The fourth-order valence-corrected chi connectivity index (χ4v) is 16.3. The van der Waals surface area contributed by atoms with Gasteiger partial charge >= 0.3 is 5.97 Å². The van der Waals surface area contributed by atoms with Crippen molar-refractivity contribution in [1.29, 1.82) is 0 Å². The molecule has 7 aliphatic rings. The largest absolute Gasteiger partial charge is 0.481 e. The highest BCUT2D eigenvalue weighted by atomic mass is 16.4. The molecule has 2 aromatic rings. The van der Waals surface area contributed by atoms with Crippen molar-refractivity contribution in [3.05, 3.63) is 36.0 Å². The molecule has 616 valence electrons. The standard InChI is InChI=1S/C19H25N3O2.C17H30N2O2.C16H28N2O2.C12H20N2O4.C11H20N2O2.C9H19NO/c1-12(2)18(23)17-8-5-9-22(17)19(24)15(20)10-13-11-21-16-7-4-3-6-14(13)16;1-12(2)16(20)14-10-7-11-19(14)17(21)15(18-3)13-8-5-4-6-9-13;1-11(2)15(19)13-9-6-10-18(13)16(20)14(17)12-7-4-3-5-8-12;1-7(2)11(17)9-4-3-5-14(9)12(18)8(13)6-10(15)16;1-8(2)11(15)9-5-4-6-13(9)10(14)7-12-3;1-6(2)5-8(10)9(11)7(3)4/h3-4,6-7,11-12,15,17,21H,5,8-10,20H2,1-2H3;12-15,18H,4-11H2,1-3H3;11-14H,3-10,17H2,1-2H3;7-9H,3-6,13H2,1-2H3,(H,15,16);8-9,12H,4-7H2,1-3H3;6-8H,5,10H2,1-4H3/t15-,17?;14?,15-;13?,14-;8-,9?;;/m0000../s1. The Bertz CT molecular complexity index is 3260. The topological polar surface area (TPSA) is 385 Å².